The van der Waals surface area contributed by atoms with Gasteiger partial charge in [0.1, 0.15) is 0 Å². The number of H-pyrrole nitrogens is 1. The van der Waals surface area contributed by atoms with E-state index in [2.05, 4.69) is 19.6 Å². The molecule has 1 aromatic rings. The zero-order valence-corrected chi connectivity index (χ0v) is 5.98. The molecule has 0 saturated heterocycles. The molecule has 0 unspecified atom stereocenters. The van der Waals surface area contributed by atoms with Crippen molar-refractivity contribution in [2.75, 3.05) is 0 Å². The Balaban J connectivity index is 3.22. The molecule has 0 aromatic carbocycles. The van der Waals surface area contributed by atoms with Crippen LogP contribution in [0.2, 0.25) is 0 Å². The second-order valence-corrected chi connectivity index (χ2v) is 3.12. The number of aromatic amines is 1. The molecule has 58 valence electrons. The Labute approximate surface area is 61.7 Å². The molecule has 7 nitrogen and oxygen atoms in total. The first-order valence-electron chi connectivity index (χ1n) is 2.47. The van der Waals surface area contributed by atoms with Gasteiger partial charge in [0.2, 0.25) is 0 Å². The van der Waals surface area contributed by atoms with Crippen molar-refractivity contribution in [1.29, 1.82) is 0 Å². The number of hydrogen-bond acceptors (Lipinski definition) is 3. The third kappa shape index (κ3) is 1.48. The molecule has 1 rings (SSSR count). The van der Waals surface area contributed by atoms with Crippen LogP contribution >= 0.6 is 0 Å². The summed E-state index contributed by atoms with van der Waals surface area (Å²) in [6.45, 7) is 0. The first-order valence-corrected chi connectivity index (χ1v) is 3.91. The van der Waals surface area contributed by atoms with Crippen molar-refractivity contribution in [2.45, 2.75) is 5.03 Å². The fourth-order valence-electron chi connectivity index (χ4n) is 0.479. The third-order valence-electron chi connectivity index (χ3n) is 0.897. The molecule has 0 atom stereocenters. The van der Waals surface area contributed by atoms with Gasteiger partial charge >= 0.3 is 0 Å². The lowest BCUT2D eigenvalue weighted by Gasteiger charge is -1.86. The number of azide groups is 1. The molecule has 1 heterocycles. The Morgan fingerprint density at radius 1 is 1.73 bits per heavy atom. The first-order chi connectivity index (χ1) is 5.17. The van der Waals surface area contributed by atoms with E-state index in [9.17, 15) is 8.42 Å². The van der Waals surface area contributed by atoms with Crippen LogP contribution in [0.3, 0.4) is 0 Å². The quantitative estimate of drug-likeness (QED) is 0.397. The fourth-order valence-corrected chi connectivity index (χ4v) is 1.06. The zero-order chi connectivity index (χ0) is 8.32. The molecular formula is C3H3N5O2S. The van der Waals surface area contributed by atoms with E-state index in [0.29, 0.717) is 0 Å². The Morgan fingerprint density at radius 3 is 2.91 bits per heavy atom. The standard InChI is InChI=1S/C3H3N5O2S/c4-7-8-11(9,10)3-1-2-5-6-3/h1-2H,(H,5,6). The van der Waals surface area contributed by atoms with Crippen LogP contribution in [0.5, 0.6) is 0 Å². The second-order valence-electron chi connectivity index (χ2n) is 1.57. The van der Waals surface area contributed by atoms with Gasteiger partial charge in [0.15, 0.2) is 5.03 Å². The molecule has 0 fully saturated rings. The van der Waals surface area contributed by atoms with Gasteiger partial charge in [-0.05, 0) is 11.6 Å². The van der Waals surface area contributed by atoms with Gasteiger partial charge in [-0.25, -0.2) is 8.42 Å². The molecule has 11 heavy (non-hydrogen) atoms. The summed E-state index contributed by atoms with van der Waals surface area (Å²) in [5.74, 6) is 0. The lowest BCUT2D eigenvalue weighted by atomic mass is 10.8. The van der Waals surface area contributed by atoms with E-state index in [1.807, 2.05) is 0 Å². The predicted octanol–water partition coefficient (Wildman–Crippen LogP) is 0.409. The minimum atomic E-state index is -3.88. The van der Waals surface area contributed by atoms with Gasteiger partial charge < -0.3 is 0 Å². The van der Waals surface area contributed by atoms with E-state index in [-0.39, 0.29) is 5.03 Å². The van der Waals surface area contributed by atoms with E-state index in [1.165, 1.54) is 12.3 Å². The van der Waals surface area contributed by atoms with Crippen molar-refractivity contribution in [1.82, 2.24) is 10.2 Å². The lowest BCUT2D eigenvalue weighted by molar-refractivity contribution is 0.593. The predicted molar refractivity (Wildman–Crippen MR) is 34.9 cm³/mol. The number of aromatic nitrogens is 2. The first kappa shape index (κ1) is 7.58. The van der Waals surface area contributed by atoms with Crippen LogP contribution in [0.1, 0.15) is 0 Å². The van der Waals surface area contributed by atoms with Gasteiger partial charge in [0.25, 0.3) is 10.0 Å². The van der Waals surface area contributed by atoms with Crippen LogP contribution in [0.15, 0.2) is 21.8 Å². The molecule has 0 amide bonds. The highest BCUT2D eigenvalue weighted by Crippen LogP contribution is 2.06. The number of nitrogens with zero attached hydrogens (tertiary/aromatic N) is 4. The molecule has 0 radical (unpaired) electrons. The van der Waals surface area contributed by atoms with Crippen molar-refractivity contribution in [2.24, 2.45) is 4.52 Å². The number of sulfonamides is 1. The highest BCUT2D eigenvalue weighted by Gasteiger charge is 2.11. The maximum atomic E-state index is 10.8. The average molecular weight is 173 g/mol. The van der Waals surface area contributed by atoms with Crippen molar-refractivity contribution in [3.63, 3.8) is 0 Å². The van der Waals surface area contributed by atoms with Crippen LogP contribution in [-0.4, -0.2) is 18.6 Å². The Hall–Kier alpha value is -1.53. The normalized spacial score (nSPS) is 10.5. The summed E-state index contributed by atoms with van der Waals surface area (Å²) in [6, 6.07) is 1.20. The molecule has 0 aliphatic rings. The summed E-state index contributed by atoms with van der Waals surface area (Å²) in [7, 11) is -3.88. The number of rotatable bonds is 2. The maximum Gasteiger partial charge on any atom is 0.281 e. The zero-order valence-electron chi connectivity index (χ0n) is 5.17. The summed E-state index contributed by atoms with van der Waals surface area (Å²) < 4.78 is 24.2. The topological polar surface area (TPSA) is 112 Å². The average Bonchev–Trinajstić information content (AvgIpc) is 2.37. The molecule has 1 N–H and O–H groups in total. The van der Waals surface area contributed by atoms with Crippen molar-refractivity contribution < 1.29 is 8.42 Å². The Bertz CT molecular complexity index is 372. The van der Waals surface area contributed by atoms with Crippen LogP contribution in [0.25, 0.3) is 10.4 Å². The van der Waals surface area contributed by atoms with E-state index in [4.69, 9.17) is 5.53 Å². The molecule has 0 spiro atoms. The second kappa shape index (κ2) is 2.60. The molecule has 0 aliphatic carbocycles. The summed E-state index contributed by atoms with van der Waals surface area (Å²) in [4.78, 5) is 2.15. The van der Waals surface area contributed by atoms with Crippen molar-refractivity contribution in [3.05, 3.63) is 22.7 Å². The minimum absolute atomic E-state index is 0.213. The fraction of sp³-hybridized carbons (Fsp3) is 0. The van der Waals surface area contributed by atoms with Crippen LogP contribution < -0.4 is 0 Å². The number of nitrogens with one attached hydrogen (secondary N) is 1. The summed E-state index contributed by atoms with van der Waals surface area (Å²) in [5.41, 5.74) is 7.85. The van der Waals surface area contributed by atoms with Gasteiger partial charge in [-0.15, -0.1) is 0 Å². The smallest absolute Gasteiger partial charge is 0.267 e. The largest absolute Gasteiger partial charge is 0.281 e. The van der Waals surface area contributed by atoms with Crippen molar-refractivity contribution in [3.8, 4) is 0 Å². The summed E-state index contributed by atoms with van der Waals surface area (Å²) in [6.07, 6.45) is 1.25. The van der Waals surface area contributed by atoms with Gasteiger partial charge in [0.05, 0.1) is 6.20 Å². The van der Waals surface area contributed by atoms with Gasteiger partial charge in [-0.2, -0.15) is 5.10 Å². The summed E-state index contributed by atoms with van der Waals surface area (Å²) in [5, 5.41) is 5.33. The van der Waals surface area contributed by atoms with Gasteiger partial charge in [-0.1, -0.05) is 0 Å². The van der Waals surface area contributed by atoms with Crippen LogP contribution in [-0.2, 0) is 10.0 Å². The van der Waals surface area contributed by atoms with E-state index >= 15 is 0 Å². The highest BCUT2D eigenvalue weighted by molar-refractivity contribution is 7.89. The Morgan fingerprint density at radius 2 is 2.45 bits per heavy atom. The third-order valence-corrected chi connectivity index (χ3v) is 1.97. The van der Waals surface area contributed by atoms with Crippen molar-refractivity contribution >= 4 is 10.0 Å². The van der Waals surface area contributed by atoms with Crippen LogP contribution in [0, 0.1) is 0 Å². The van der Waals surface area contributed by atoms with Gasteiger partial charge in [-0.3, -0.25) is 5.10 Å². The SMILES string of the molecule is [N-]=[N+]=NS(=O)(=O)c1ccn[nH]1. The van der Waals surface area contributed by atoms with Crippen LogP contribution in [0.4, 0.5) is 0 Å². The Kier molecular flexibility index (Phi) is 1.79. The highest BCUT2D eigenvalue weighted by atomic mass is 32.2. The molecular weight excluding hydrogens is 170 g/mol. The van der Waals surface area contributed by atoms with Gasteiger partial charge in [0, 0.05) is 9.43 Å². The monoisotopic (exact) mass is 173 g/mol. The molecule has 0 bridgehead atoms. The maximum absolute atomic E-state index is 10.8. The molecule has 1 aromatic heterocycles. The molecule has 0 aliphatic heterocycles. The molecule has 0 saturated carbocycles. The number of hydrogen-bond donors (Lipinski definition) is 1. The van der Waals surface area contributed by atoms with E-state index in [1.54, 1.807) is 0 Å². The lowest BCUT2D eigenvalue weighted by Crippen LogP contribution is -1.94. The summed E-state index contributed by atoms with van der Waals surface area (Å²) >= 11 is 0. The van der Waals surface area contributed by atoms with E-state index < -0.39 is 10.0 Å². The minimum Gasteiger partial charge on any atom is -0.267 e. The van der Waals surface area contributed by atoms with E-state index in [0.717, 1.165) is 0 Å². The molecule has 8 heteroatoms.